The number of phenols is 1. The molecule has 0 bridgehead atoms. The summed E-state index contributed by atoms with van der Waals surface area (Å²) in [6, 6.07) is 4.74. The summed E-state index contributed by atoms with van der Waals surface area (Å²) in [6.07, 6.45) is 0. The van der Waals surface area contributed by atoms with Gasteiger partial charge in [-0.2, -0.15) is 0 Å². The molecular formula is C7H9NO2. The zero-order chi connectivity index (χ0) is 7.56. The van der Waals surface area contributed by atoms with Crippen LogP contribution in [0.4, 0.5) is 5.69 Å². The molecule has 0 saturated carbocycles. The van der Waals surface area contributed by atoms with Crippen LogP contribution in [-0.2, 0) is 0 Å². The smallest absolute Gasteiger partial charge is 0.117 e. The lowest BCUT2D eigenvalue weighted by Crippen LogP contribution is -1.90. The lowest BCUT2D eigenvalue weighted by molar-refractivity contribution is 0.387. The second-order valence-corrected chi connectivity index (χ2v) is 2.11. The molecule has 3 nitrogen and oxygen atoms in total. The van der Waals surface area contributed by atoms with E-state index in [1.54, 1.807) is 12.1 Å². The molecule has 0 aliphatic heterocycles. The molecule has 3 N–H and O–H groups in total. The summed E-state index contributed by atoms with van der Waals surface area (Å²) in [7, 11) is 0. The van der Waals surface area contributed by atoms with Crippen LogP contribution in [0.1, 0.15) is 5.56 Å². The molecule has 1 aromatic carbocycles. The summed E-state index contributed by atoms with van der Waals surface area (Å²) in [6.45, 7) is 1.83. The predicted octanol–water partition coefficient (Wildman–Crippen LogP) is 1.50. The molecule has 0 saturated heterocycles. The Morgan fingerprint density at radius 1 is 1.40 bits per heavy atom. The normalized spacial score (nSPS) is 9.40. The van der Waals surface area contributed by atoms with E-state index in [1.165, 1.54) is 6.07 Å². The van der Waals surface area contributed by atoms with Crippen LogP contribution in [0.5, 0.6) is 5.75 Å². The van der Waals surface area contributed by atoms with Crippen LogP contribution in [0.15, 0.2) is 18.2 Å². The average molecular weight is 139 g/mol. The van der Waals surface area contributed by atoms with Crippen LogP contribution in [0.2, 0.25) is 0 Å². The van der Waals surface area contributed by atoms with Crippen LogP contribution in [0, 0.1) is 6.92 Å². The van der Waals surface area contributed by atoms with Gasteiger partial charge < -0.3 is 5.11 Å². The van der Waals surface area contributed by atoms with Crippen molar-refractivity contribution in [2.24, 2.45) is 0 Å². The molecule has 0 amide bonds. The summed E-state index contributed by atoms with van der Waals surface area (Å²) in [4.78, 5) is 0. The van der Waals surface area contributed by atoms with E-state index >= 15 is 0 Å². The first-order valence-corrected chi connectivity index (χ1v) is 2.94. The van der Waals surface area contributed by atoms with Crippen molar-refractivity contribution in [1.82, 2.24) is 0 Å². The molecule has 0 heterocycles. The van der Waals surface area contributed by atoms with Crippen molar-refractivity contribution in [2.75, 3.05) is 5.48 Å². The van der Waals surface area contributed by atoms with E-state index in [4.69, 9.17) is 10.3 Å². The van der Waals surface area contributed by atoms with Crippen molar-refractivity contribution in [3.63, 3.8) is 0 Å². The monoisotopic (exact) mass is 139 g/mol. The summed E-state index contributed by atoms with van der Waals surface area (Å²) >= 11 is 0. The van der Waals surface area contributed by atoms with E-state index in [0.29, 0.717) is 5.69 Å². The zero-order valence-corrected chi connectivity index (χ0v) is 5.63. The molecule has 0 spiro atoms. The number of hydrogen-bond acceptors (Lipinski definition) is 3. The van der Waals surface area contributed by atoms with E-state index in [-0.39, 0.29) is 5.75 Å². The quantitative estimate of drug-likeness (QED) is 0.517. The number of aryl methyl sites for hydroxylation is 1. The first-order chi connectivity index (χ1) is 4.74. The van der Waals surface area contributed by atoms with Gasteiger partial charge >= 0.3 is 0 Å². The van der Waals surface area contributed by atoms with Crippen LogP contribution >= 0.6 is 0 Å². The summed E-state index contributed by atoms with van der Waals surface area (Å²) in [5, 5.41) is 17.4. The summed E-state index contributed by atoms with van der Waals surface area (Å²) < 4.78 is 0. The minimum Gasteiger partial charge on any atom is -0.508 e. The van der Waals surface area contributed by atoms with Gasteiger partial charge in [-0.05, 0) is 18.6 Å². The topological polar surface area (TPSA) is 52.5 Å². The Labute approximate surface area is 58.9 Å². The fraction of sp³-hybridized carbons (Fsp3) is 0.143. The average Bonchev–Trinajstić information content (AvgIpc) is 1.94. The summed E-state index contributed by atoms with van der Waals surface area (Å²) in [5.41, 5.74) is 3.39. The first-order valence-electron chi connectivity index (χ1n) is 2.94. The minimum atomic E-state index is 0.141. The van der Waals surface area contributed by atoms with Gasteiger partial charge in [-0.15, -0.1) is 0 Å². The lowest BCUT2D eigenvalue weighted by atomic mass is 10.2. The van der Waals surface area contributed by atoms with Crippen molar-refractivity contribution in [3.8, 4) is 5.75 Å². The fourth-order valence-corrected chi connectivity index (χ4v) is 0.730. The van der Waals surface area contributed by atoms with Crippen molar-refractivity contribution in [3.05, 3.63) is 23.8 Å². The van der Waals surface area contributed by atoms with Crippen molar-refractivity contribution >= 4 is 5.69 Å². The number of benzene rings is 1. The third-order valence-electron chi connectivity index (χ3n) is 1.34. The SMILES string of the molecule is Cc1ccc(O)cc1NO. The Hall–Kier alpha value is -1.22. The van der Waals surface area contributed by atoms with Gasteiger partial charge in [0.05, 0.1) is 5.69 Å². The number of phenolic OH excluding ortho intramolecular Hbond substituents is 1. The van der Waals surface area contributed by atoms with E-state index in [9.17, 15) is 0 Å². The lowest BCUT2D eigenvalue weighted by Gasteiger charge is -2.02. The maximum absolute atomic E-state index is 8.92. The van der Waals surface area contributed by atoms with Crippen LogP contribution in [-0.4, -0.2) is 10.3 Å². The Kier molecular flexibility index (Phi) is 1.78. The Balaban J connectivity index is 3.09. The molecule has 10 heavy (non-hydrogen) atoms. The second-order valence-electron chi connectivity index (χ2n) is 2.11. The van der Waals surface area contributed by atoms with E-state index in [1.807, 2.05) is 12.4 Å². The highest BCUT2D eigenvalue weighted by Crippen LogP contribution is 2.19. The van der Waals surface area contributed by atoms with Gasteiger partial charge in [0.15, 0.2) is 0 Å². The Morgan fingerprint density at radius 3 is 2.60 bits per heavy atom. The molecule has 0 aliphatic carbocycles. The van der Waals surface area contributed by atoms with Gasteiger partial charge in [-0.3, -0.25) is 10.7 Å². The van der Waals surface area contributed by atoms with E-state index < -0.39 is 0 Å². The number of hydrogen-bond donors (Lipinski definition) is 3. The molecular weight excluding hydrogens is 130 g/mol. The van der Waals surface area contributed by atoms with E-state index in [0.717, 1.165) is 5.56 Å². The third-order valence-corrected chi connectivity index (χ3v) is 1.34. The van der Waals surface area contributed by atoms with Gasteiger partial charge in [-0.1, -0.05) is 6.07 Å². The number of aromatic hydroxyl groups is 1. The highest BCUT2D eigenvalue weighted by atomic mass is 16.5. The minimum absolute atomic E-state index is 0.141. The largest absolute Gasteiger partial charge is 0.508 e. The third kappa shape index (κ3) is 1.19. The van der Waals surface area contributed by atoms with Gasteiger partial charge in [-0.25, -0.2) is 0 Å². The highest BCUT2D eigenvalue weighted by molar-refractivity contribution is 5.52. The van der Waals surface area contributed by atoms with Crippen LogP contribution in [0.25, 0.3) is 0 Å². The molecule has 0 aliphatic rings. The van der Waals surface area contributed by atoms with Crippen molar-refractivity contribution in [2.45, 2.75) is 6.92 Å². The summed E-state index contributed by atoms with van der Waals surface area (Å²) in [5.74, 6) is 0.141. The molecule has 0 aromatic heterocycles. The van der Waals surface area contributed by atoms with E-state index in [2.05, 4.69) is 0 Å². The second kappa shape index (κ2) is 2.58. The van der Waals surface area contributed by atoms with Gasteiger partial charge in [0.25, 0.3) is 0 Å². The standard InChI is InChI=1S/C7H9NO2/c1-5-2-3-6(9)4-7(5)8-10/h2-4,8-10H,1H3. The number of nitrogens with one attached hydrogen (secondary N) is 1. The van der Waals surface area contributed by atoms with Crippen LogP contribution in [0.3, 0.4) is 0 Å². The molecule has 0 radical (unpaired) electrons. The maximum atomic E-state index is 8.92. The molecule has 1 aromatic rings. The Bertz CT molecular complexity index is 235. The maximum Gasteiger partial charge on any atom is 0.117 e. The molecule has 1 rings (SSSR count). The van der Waals surface area contributed by atoms with Crippen LogP contribution < -0.4 is 5.48 Å². The number of anilines is 1. The molecule has 0 fully saturated rings. The first kappa shape index (κ1) is 6.89. The zero-order valence-electron chi connectivity index (χ0n) is 5.63. The van der Waals surface area contributed by atoms with Gasteiger partial charge in [0, 0.05) is 6.07 Å². The highest BCUT2D eigenvalue weighted by Gasteiger charge is 1.95. The Morgan fingerprint density at radius 2 is 2.10 bits per heavy atom. The van der Waals surface area contributed by atoms with Crippen molar-refractivity contribution < 1.29 is 10.3 Å². The molecule has 54 valence electrons. The molecule has 3 heteroatoms. The predicted molar refractivity (Wildman–Crippen MR) is 38.3 cm³/mol. The number of rotatable bonds is 1. The molecule has 0 atom stereocenters. The fourth-order valence-electron chi connectivity index (χ4n) is 0.730. The van der Waals surface area contributed by atoms with Gasteiger partial charge in [0.2, 0.25) is 0 Å². The molecule has 0 unspecified atom stereocenters. The van der Waals surface area contributed by atoms with Crippen molar-refractivity contribution in [1.29, 1.82) is 0 Å². The van der Waals surface area contributed by atoms with Gasteiger partial charge in [0.1, 0.15) is 5.75 Å².